The molecule has 1 saturated heterocycles. The molecule has 1 unspecified atom stereocenters. The van der Waals surface area contributed by atoms with E-state index in [2.05, 4.69) is 10.0 Å². The van der Waals surface area contributed by atoms with Gasteiger partial charge in [-0.3, -0.25) is 0 Å². The smallest absolute Gasteiger partial charge is 0.407 e. The third-order valence-corrected chi connectivity index (χ3v) is 2.26. The van der Waals surface area contributed by atoms with Crippen molar-refractivity contribution < 1.29 is 14.6 Å². The molecule has 7 nitrogen and oxygen atoms in total. The molecule has 1 atom stereocenters. The van der Waals surface area contributed by atoms with Crippen LogP contribution in [-0.4, -0.2) is 48.4 Å². The second kappa shape index (κ2) is 6.10. The SMILES string of the molecule is N=[N+]=NCCCC1CN(C(=O)O)CCO1. The number of hydrogen-bond acceptors (Lipinski definition) is 4. The lowest BCUT2D eigenvalue weighted by Crippen LogP contribution is -2.45. The number of amides is 1. The van der Waals surface area contributed by atoms with Crippen LogP contribution in [0.25, 0.3) is 0 Å². The molecule has 7 heteroatoms. The fourth-order valence-electron chi connectivity index (χ4n) is 1.51. The average Bonchev–Trinajstić information content (AvgIpc) is 2.25. The Morgan fingerprint density at radius 2 is 2.53 bits per heavy atom. The first-order chi connectivity index (χ1) is 7.24. The van der Waals surface area contributed by atoms with E-state index in [4.69, 9.17) is 15.4 Å². The molecule has 0 aromatic rings. The van der Waals surface area contributed by atoms with Crippen LogP contribution in [0.5, 0.6) is 0 Å². The van der Waals surface area contributed by atoms with Crippen molar-refractivity contribution in [1.82, 2.24) is 9.81 Å². The molecule has 0 saturated carbocycles. The Balaban J connectivity index is 2.24. The van der Waals surface area contributed by atoms with Crippen LogP contribution in [0, 0.1) is 5.53 Å². The normalized spacial score (nSPS) is 20.8. The van der Waals surface area contributed by atoms with Gasteiger partial charge in [-0.25, -0.2) is 4.79 Å². The first-order valence-corrected chi connectivity index (χ1v) is 4.86. The predicted molar refractivity (Wildman–Crippen MR) is 50.7 cm³/mol. The number of morpholine rings is 1. The summed E-state index contributed by atoms with van der Waals surface area (Å²) in [4.78, 5) is 14.9. The van der Waals surface area contributed by atoms with Gasteiger partial charge in [-0.1, -0.05) is 0 Å². The minimum Gasteiger partial charge on any atom is -0.465 e. The maximum Gasteiger partial charge on any atom is 0.407 e. The molecule has 0 bridgehead atoms. The summed E-state index contributed by atoms with van der Waals surface area (Å²) in [7, 11) is 0. The lowest BCUT2D eigenvalue weighted by atomic mass is 10.1. The summed E-state index contributed by atoms with van der Waals surface area (Å²) in [5, 5.41) is 12.3. The second-order valence-electron chi connectivity index (χ2n) is 3.33. The molecule has 2 N–H and O–H groups in total. The van der Waals surface area contributed by atoms with Crippen LogP contribution in [0.1, 0.15) is 12.8 Å². The topological polar surface area (TPSA) is 100 Å². The first-order valence-electron chi connectivity index (χ1n) is 4.86. The average molecular weight is 215 g/mol. The third kappa shape index (κ3) is 4.05. The van der Waals surface area contributed by atoms with E-state index in [0.717, 1.165) is 12.8 Å². The summed E-state index contributed by atoms with van der Waals surface area (Å²) >= 11 is 0. The summed E-state index contributed by atoms with van der Waals surface area (Å²) in [5.41, 5.74) is 6.45. The van der Waals surface area contributed by atoms with Crippen molar-refractivity contribution in [3.8, 4) is 0 Å². The Kier molecular flexibility index (Phi) is 4.73. The van der Waals surface area contributed by atoms with Crippen molar-refractivity contribution in [2.75, 3.05) is 26.2 Å². The summed E-state index contributed by atoms with van der Waals surface area (Å²) < 4.78 is 5.41. The van der Waals surface area contributed by atoms with Gasteiger partial charge in [0.2, 0.25) is 4.91 Å². The molecular formula is C8H15N4O3+. The summed E-state index contributed by atoms with van der Waals surface area (Å²) in [6.07, 6.45) is 0.577. The van der Waals surface area contributed by atoms with Gasteiger partial charge in [0.25, 0.3) is 0 Å². The van der Waals surface area contributed by atoms with Crippen LogP contribution in [0.3, 0.4) is 0 Å². The van der Waals surface area contributed by atoms with Crippen LogP contribution in [0.15, 0.2) is 5.11 Å². The highest BCUT2D eigenvalue weighted by Gasteiger charge is 2.23. The lowest BCUT2D eigenvalue weighted by molar-refractivity contribution is -0.0258. The van der Waals surface area contributed by atoms with E-state index in [1.165, 1.54) is 4.90 Å². The molecule has 1 rings (SSSR count). The number of nitrogens with one attached hydrogen (secondary N) is 1. The van der Waals surface area contributed by atoms with Gasteiger partial charge in [0.05, 0.1) is 19.3 Å². The Bertz CT molecular complexity index is 265. The molecule has 1 heterocycles. The van der Waals surface area contributed by atoms with E-state index >= 15 is 0 Å². The molecule has 0 aromatic carbocycles. The molecule has 1 amide bonds. The van der Waals surface area contributed by atoms with Gasteiger partial charge in [-0.05, 0) is 12.8 Å². The minimum atomic E-state index is -0.894. The number of ether oxygens (including phenoxy) is 1. The van der Waals surface area contributed by atoms with E-state index in [-0.39, 0.29) is 6.10 Å². The molecule has 0 aromatic heterocycles. The fourth-order valence-corrected chi connectivity index (χ4v) is 1.51. The number of hydrogen-bond donors (Lipinski definition) is 2. The predicted octanol–water partition coefficient (Wildman–Crippen LogP) is 0.696. The molecule has 1 aliphatic rings. The minimum absolute atomic E-state index is 0.0456. The van der Waals surface area contributed by atoms with Crippen LogP contribution >= 0.6 is 0 Å². The molecule has 1 aliphatic heterocycles. The zero-order chi connectivity index (χ0) is 11.1. The second-order valence-corrected chi connectivity index (χ2v) is 3.33. The van der Waals surface area contributed by atoms with E-state index in [0.29, 0.717) is 26.2 Å². The summed E-state index contributed by atoms with van der Waals surface area (Å²) in [6, 6.07) is 0. The van der Waals surface area contributed by atoms with Crippen molar-refractivity contribution >= 4 is 6.09 Å². The molecule has 15 heavy (non-hydrogen) atoms. The van der Waals surface area contributed by atoms with Crippen molar-refractivity contribution in [2.24, 2.45) is 5.11 Å². The van der Waals surface area contributed by atoms with Gasteiger partial charge < -0.3 is 14.7 Å². The van der Waals surface area contributed by atoms with Gasteiger partial charge in [-0.15, -0.1) is 0 Å². The van der Waals surface area contributed by atoms with Crippen molar-refractivity contribution in [3.63, 3.8) is 0 Å². The molecular weight excluding hydrogens is 200 g/mol. The van der Waals surface area contributed by atoms with Crippen LogP contribution in [0.2, 0.25) is 0 Å². The Hall–Kier alpha value is -1.46. The first kappa shape index (κ1) is 11.6. The lowest BCUT2D eigenvalue weighted by Gasteiger charge is -2.30. The summed E-state index contributed by atoms with van der Waals surface area (Å²) in [6.45, 7) is 1.82. The van der Waals surface area contributed by atoms with E-state index in [1.54, 1.807) is 0 Å². The number of carbonyl (C=O) groups is 1. The third-order valence-electron chi connectivity index (χ3n) is 2.26. The molecule has 84 valence electrons. The maximum absolute atomic E-state index is 10.7. The van der Waals surface area contributed by atoms with E-state index in [9.17, 15) is 4.79 Å². The highest BCUT2D eigenvalue weighted by molar-refractivity contribution is 5.65. The number of nitrogens with zero attached hydrogens (tertiary/aromatic N) is 3. The Morgan fingerprint density at radius 1 is 1.73 bits per heavy atom. The van der Waals surface area contributed by atoms with E-state index < -0.39 is 6.09 Å². The Morgan fingerprint density at radius 3 is 3.20 bits per heavy atom. The van der Waals surface area contributed by atoms with Crippen molar-refractivity contribution in [1.29, 1.82) is 5.53 Å². The zero-order valence-electron chi connectivity index (χ0n) is 8.43. The van der Waals surface area contributed by atoms with Crippen molar-refractivity contribution in [3.05, 3.63) is 0 Å². The van der Waals surface area contributed by atoms with Crippen LogP contribution in [0.4, 0.5) is 4.79 Å². The van der Waals surface area contributed by atoms with Gasteiger partial charge in [-0.2, -0.15) is 0 Å². The molecule has 1 fully saturated rings. The highest BCUT2D eigenvalue weighted by atomic mass is 16.5. The molecule has 0 spiro atoms. The monoisotopic (exact) mass is 215 g/mol. The molecule has 0 aliphatic carbocycles. The van der Waals surface area contributed by atoms with Crippen molar-refractivity contribution in [2.45, 2.75) is 18.9 Å². The highest BCUT2D eigenvalue weighted by Crippen LogP contribution is 2.10. The Labute approximate surface area is 87.3 Å². The van der Waals surface area contributed by atoms with Gasteiger partial charge in [0, 0.05) is 6.54 Å². The van der Waals surface area contributed by atoms with Gasteiger partial charge in [0.1, 0.15) is 17.2 Å². The largest absolute Gasteiger partial charge is 0.465 e. The zero-order valence-corrected chi connectivity index (χ0v) is 8.43. The van der Waals surface area contributed by atoms with E-state index in [1.807, 2.05) is 0 Å². The number of carboxylic acid groups (broad SMARTS) is 1. The van der Waals surface area contributed by atoms with Gasteiger partial charge in [0.15, 0.2) is 0 Å². The van der Waals surface area contributed by atoms with Crippen LogP contribution < -0.4 is 4.91 Å². The van der Waals surface area contributed by atoms with Gasteiger partial charge >= 0.3 is 6.09 Å². The quantitative estimate of drug-likeness (QED) is 0.410. The van der Waals surface area contributed by atoms with Crippen LogP contribution in [-0.2, 0) is 4.74 Å². The standard InChI is InChI=1S/C8H14N4O3/c9-11-10-3-1-2-7-6-12(8(13)14)4-5-15-7/h7,9H,1-6H2/p+1. The fraction of sp³-hybridized carbons (Fsp3) is 0.875. The number of rotatable bonds is 4. The maximum atomic E-state index is 10.7. The summed E-state index contributed by atoms with van der Waals surface area (Å²) in [5.74, 6) is 0. The molecule has 0 radical (unpaired) electrons.